The summed E-state index contributed by atoms with van der Waals surface area (Å²) < 4.78 is 0. The summed E-state index contributed by atoms with van der Waals surface area (Å²) in [6, 6.07) is 8.52. The smallest absolute Gasteiger partial charge is 0.241 e. The van der Waals surface area contributed by atoms with E-state index in [1.54, 1.807) is 4.90 Å². The first-order chi connectivity index (χ1) is 12.0. The maximum Gasteiger partial charge on any atom is 0.241 e. The first-order valence-corrected chi connectivity index (χ1v) is 9.08. The minimum Gasteiger partial charge on any atom is -0.395 e. The van der Waals surface area contributed by atoms with Crippen molar-refractivity contribution >= 4 is 11.6 Å². The van der Waals surface area contributed by atoms with Gasteiger partial charge in [-0.2, -0.15) is 5.26 Å². The van der Waals surface area contributed by atoms with Gasteiger partial charge in [-0.1, -0.05) is 12.5 Å². The second-order valence-corrected chi connectivity index (χ2v) is 7.09. The van der Waals surface area contributed by atoms with Crippen LogP contribution in [0.2, 0.25) is 0 Å². The average Bonchev–Trinajstić information content (AvgIpc) is 2.56. The molecule has 1 aliphatic rings. The Bertz CT molecular complexity index is 618. The van der Waals surface area contributed by atoms with Crippen molar-refractivity contribution in [1.29, 1.82) is 5.26 Å². The summed E-state index contributed by atoms with van der Waals surface area (Å²) in [5, 5.41) is 18.6. The van der Waals surface area contributed by atoms with E-state index < -0.39 is 0 Å². The molecule has 25 heavy (non-hydrogen) atoms. The number of aliphatic hydroxyl groups excluding tert-OH is 1. The number of likely N-dealkylation sites (tertiary alicyclic amines) is 1. The van der Waals surface area contributed by atoms with Gasteiger partial charge in [0, 0.05) is 24.3 Å². The van der Waals surface area contributed by atoms with E-state index in [-0.39, 0.29) is 31.1 Å². The van der Waals surface area contributed by atoms with Crippen LogP contribution in [0.25, 0.3) is 0 Å². The van der Waals surface area contributed by atoms with Gasteiger partial charge in [-0.05, 0) is 56.9 Å². The molecule has 1 saturated heterocycles. The van der Waals surface area contributed by atoms with Gasteiger partial charge < -0.3 is 10.0 Å². The SMILES string of the molecule is Cc1cc(C)cc(N(CCC#N)C(=O)CN2C(C)CCCC2CO)c1. The summed E-state index contributed by atoms with van der Waals surface area (Å²) in [5.74, 6) is -0.00699. The zero-order valence-corrected chi connectivity index (χ0v) is 15.5. The van der Waals surface area contributed by atoms with Gasteiger partial charge in [0.15, 0.2) is 0 Å². The van der Waals surface area contributed by atoms with Gasteiger partial charge in [0.25, 0.3) is 0 Å². The van der Waals surface area contributed by atoms with Crippen LogP contribution in [0.5, 0.6) is 0 Å². The lowest BCUT2D eigenvalue weighted by Gasteiger charge is -2.40. The number of nitriles is 1. The van der Waals surface area contributed by atoms with Crippen LogP contribution >= 0.6 is 0 Å². The zero-order chi connectivity index (χ0) is 18.4. The van der Waals surface area contributed by atoms with E-state index >= 15 is 0 Å². The molecule has 0 radical (unpaired) electrons. The molecule has 1 fully saturated rings. The van der Waals surface area contributed by atoms with E-state index in [9.17, 15) is 9.90 Å². The van der Waals surface area contributed by atoms with Crippen LogP contribution in [0.15, 0.2) is 18.2 Å². The average molecular weight is 343 g/mol. The second kappa shape index (κ2) is 8.98. The van der Waals surface area contributed by atoms with Crippen LogP contribution < -0.4 is 4.90 Å². The van der Waals surface area contributed by atoms with Crippen LogP contribution in [0.3, 0.4) is 0 Å². The van der Waals surface area contributed by atoms with Crippen molar-refractivity contribution < 1.29 is 9.90 Å². The van der Waals surface area contributed by atoms with Crippen molar-refractivity contribution in [3.8, 4) is 6.07 Å². The fourth-order valence-corrected chi connectivity index (χ4v) is 3.73. The van der Waals surface area contributed by atoms with Crippen molar-refractivity contribution in [1.82, 2.24) is 4.90 Å². The molecular weight excluding hydrogens is 314 g/mol. The van der Waals surface area contributed by atoms with E-state index in [2.05, 4.69) is 24.0 Å². The Kier molecular flexibility index (Phi) is 6.98. The van der Waals surface area contributed by atoms with Crippen LogP contribution in [0, 0.1) is 25.2 Å². The monoisotopic (exact) mass is 343 g/mol. The predicted octanol–water partition coefficient (Wildman–Crippen LogP) is 2.79. The molecule has 0 aliphatic carbocycles. The maximum atomic E-state index is 13.0. The first kappa shape index (κ1) is 19.4. The molecule has 1 aromatic carbocycles. The molecule has 1 heterocycles. The molecule has 5 heteroatoms. The van der Waals surface area contributed by atoms with Crippen LogP contribution in [-0.4, -0.2) is 47.7 Å². The number of nitrogens with zero attached hydrogens (tertiary/aromatic N) is 3. The Morgan fingerprint density at radius 2 is 2.00 bits per heavy atom. The number of piperidine rings is 1. The van der Waals surface area contributed by atoms with E-state index in [0.717, 1.165) is 36.1 Å². The number of anilines is 1. The summed E-state index contributed by atoms with van der Waals surface area (Å²) in [4.78, 5) is 16.9. The molecule has 0 spiro atoms. The second-order valence-electron chi connectivity index (χ2n) is 7.09. The van der Waals surface area contributed by atoms with Gasteiger partial charge in [-0.15, -0.1) is 0 Å². The normalized spacial score (nSPS) is 20.9. The van der Waals surface area contributed by atoms with Gasteiger partial charge in [0.1, 0.15) is 0 Å². The van der Waals surface area contributed by atoms with E-state index in [1.165, 1.54) is 0 Å². The van der Waals surface area contributed by atoms with E-state index in [4.69, 9.17) is 5.26 Å². The molecule has 1 N–H and O–H groups in total. The molecule has 1 aliphatic heterocycles. The van der Waals surface area contributed by atoms with E-state index in [1.807, 2.05) is 26.0 Å². The molecule has 0 saturated carbocycles. The number of hydrogen-bond donors (Lipinski definition) is 1. The minimum absolute atomic E-state index is 0.00699. The third kappa shape index (κ3) is 5.04. The first-order valence-electron chi connectivity index (χ1n) is 9.08. The molecule has 1 aromatic rings. The largest absolute Gasteiger partial charge is 0.395 e. The summed E-state index contributed by atoms with van der Waals surface area (Å²) in [5.41, 5.74) is 3.05. The lowest BCUT2D eigenvalue weighted by molar-refractivity contribution is -0.121. The van der Waals surface area contributed by atoms with Crippen molar-refractivity contribution in [3.63, 3.8) is 0 Å². The Morgan fingerprint density at radius 3 is 2.60 bits per heavy atom. The molecule has 1 amide bonds. The van der Waals surface area contributed by atoms with Crippen molar-refractivity contribution in [3.05, 3.63) is 29.3 Å². The highest BCUT2D eigenvalue weighted by Gasteiger charge is 2.30. The number of hydrogen-bond acceptors (Lipinski definition) is 4. The molecule has 5 nitrogen and oxygen atoms in total. The predicted molar refractivity (Wildman–Crippen MR) is 99.4 cm³/mol. The van der Waals surface area contributed by atoms with Crippen LogP contribution in [-0.2, 0) is 4.79 Å². The number of carbonyl (C=O) groups is 1. The topological polar surface area (TPSA) is 67.6 Å². The number of benzene rings is 1. The van der Waals surface area contributed by atoms with Crippen molar-refractivity contribution in [2.45, 2.75) is 58.5 Å². The molecule has 0 bridgehead atoms. The minimum atomic E-state index is -0.00699. The highest BCUT2D eigenvalue weighted by molar-refractivity contribution is 5.95. The van der Waals surface area contributed by atoms with Gasteiger partial charge in [0.2, 0.25) is 5.91 Å². The molecular formula is C20H29N3O2. The van der Waals surface area contributed by atoms with Crippen LogP contribution in [0.1, 0.15) is 43.7 Å². The summed E-state index contributed by atoms with van der Waals surface area (Å²) in [6.07, 6.45) is 3.37. The van der Waals surface area contributed by atoms with Gasteiger partial charge in [-0.25, -0.2) is 0 Å². The number of rotatable bonds is 6. The Labute approximate surface area is 150 Å². The highest BCUT2D eigenvalue weighted by Crippen LogP contribution is 2.24. The summed E-state index contributed by atoms with van der Waals surface area (Å²) in [7, 11) is 0. The zero-order valence-electron chi connectivity index (χ0n) is 15.5. The van der Waals surface area contributed by atoms with Gasteiger partial charge in [-0.3, -0.25) is 9.69 Å². The number of aliphatic hydroxyl groups is 1. The number of amides is 1. The van der Waals surface area contributed by atoms with Gasteiger partial charge >= 0.3 is 0 Å². The maximum absolute atomic E-state index is 13.0. The summed E-state index contributed by atoms with van der Waals surface area (Å²) in [6.45, 7) is 6.90. The molecule has 0 aromatic heterocycles. The third-order valence-corrected chi connectivity index (χ3v) is 4.99. The number of aryl methyl sites for hydroxylation is 2. The molecule has 136 valence electrons. The standard InChI is InChI=1S/C20H29N3O2/c1-15-10-16(2)12-19(11-15)22(9-5-8-21)20(25)13-23-17(3)6-4-7-18(23)14-24/h10-12,17-18,24H,4-7,9,13-14H2,1-3H3. The van der Waals surface area contributed by atoms with Crippen molar-refractivity contribution in [2.24, 2.45) is 0 Å². The quantitative estimate of drug-likeness (QED) is 0.862. The molecule has 2 unspecified atom stereocenters. The third-order valence-electron chi connectivity index (χ3n) is 4.99. The van der Waals surface area contributed by atoms with Crippen molar-refractivity contribution in [2.75, 3.05) is 24.6 Å². The van der Waals surface area contributed by atoms with Crippen LogP contribution in [0.4, 0.5) is 5.69 Å². The van der Waals surface area contributed by atoms with E-state index in [0.29, 0.717) is 13.0 Å². The fraction of sp³-hybridized carbons (Fsp3) is 0.600. The lowest BCUT2D eigenvalue weighted by Crippen LogP contribution is -2.52. The highest BCUT2D eigenvalue weighted by atomic mass is 16.3. The Balaban J connectivity index is 2.21. The van der Waals surface area contributed by atoms with Gasteiger partial charge in [0.05, 0.1) is 25.6 Å². The Hall–Kier alpha value is -1.90. The Morgan fingerprint density at radius 1 is 1.32 bits per heavy atom. The number of carbonyl (C=O) groups excluding carboxylic acids is 1. The fourth-order valence-electron chi connectivity index (χ4n) is 3.73. The lowest BCUT2D eigenvalue weighted by atomic mass is 9.97. The molecule has 2 atom stereocenters. The molecule has 2 rings (SSSR count). The summed E-state index contributed by atoms with van der Waals surface area (Å²) >= 11 is 0.